The lowest BCUT2D eigenvalue weighted by Crippen LogP contribution is -2.37. The molecular weight excluding hydrogens is 354 g/mol. The maximum atomic E-state index is 12.8. The highest BCUT2D eigenvalue weighted by atomic mass is 35.5. The zero-order valence-corrected chi connectivity index (χ0v) is 15.7. The molecule has 0 spiro atoms. The summed E-state index contributed by atoms with van der Waals surface area (Å²) in [6.45, 7) is 6.05. The van der Waals surface area contributed by atoms with Gasteiger partial charge in [-0.3, -0.25) is 19.7 Å². The molecule has 0 aromatic carbocycles. The monoisotopic (exact) mass is 375 g/mol. The average Bonchev–Trinajstić information content (AvgIpc) is 2.86. The van der Waals surface area contributed by atoms with E-state index in [1.54, 1.807) is 22.1 Å². The minimum Gasteiger partial charge on any atom is -0.337 e. The van der Waals surface area contributed by atoms with Crippen molar-refractivity contribution >= 4 is 23.4 Å². The fourth-order valence-electron chi connectivity index (χ4n) is 3.18. The van der Waals surface area contributed by atoms with Gasteiger partial charge in [-0.25, -0.2) is 0 Å². The molecule has 0 saturated carbocycles. The van der Waals surface area contributed by atoms with E-state index in [-0.39, 0.29) is 11.8 Å². The van der Waals surface area contributed by atoms with Gasteiger partial charge in [0.2, 0.25) is 0 Å². The highest BCUT2D eigenvalue weighted by Crippen LogP contribution is 2.18. The number of rotatable bonds is 3. The summed E-state index contributed by atoms with van der Waals surface area (Å²) in [6.07, 6.45) is 4.54. The van der Waals surface area contributed by atoms with Gasteiger partial charge in [-0.1, -0.05) is 18.5 Å². The predicted octanol–water partition coefficient (Wildman–Crippen LogP) is 2.32. The summed E-state index contributed by atoms with van der Waals surface area (Å²) in [6, 6.07) is 1.62. The van der Waals surface area contributed by atoms with Gasteiger partial charge in [0.15, 0.2) is 5.69 Å². The fraction of sp³-hybridized carbons (Fsp3) is 0.444. The van der Waals surface area contributed by atoms with E-state index >= 15 is 0 Å². The number of pyridine rings is 1. The summed E-state index contributed by atoms with van der Waals surface area (Å²) in [4.78, 5) is 32.9. The van der Waals surface area contributed by atoms with Crippen LogP contribution in [0.15, 0.2) is 18.5 Å². The van der Waals surface area contributed by atoms with Gasteiger partial charge in [-0.15, -0.1) is 0 Å². The normalized spacial score (nSPS) is 15.0. The molecule has 1 aliphatic rings. The highest BCUT2D eigenvalue weighted by Gasteiger charge is 2.26. The molecule has 138 valence electrons. The Balaban J connectivity index is 1.70. The molecule has 26 heavy (non-hydrogen) atoms. The van der Waals surface area contributed by atoms with Gasteiger partial charge >= 0.3 is 0 Å². The van der Waals surface area contributed by atoms with E-state index in [0.717, 1.165) is 17.7 Å². The van der Waals surface area contributed by atoms with Gasteiger partial charge in [0.05, 0.1) is 10.6 Å². The van der Waals surface area contributed by atoms with Crippen molar-refractivity contribution in [1.82, 2.24) is 25.0 Å². The molecule has 2 aromatic heterocycles. The van der Waals surface area contributed by atoms with E-state index in [2.05, 4.69) is 15.2 Å². The Bertz CT molecular complexity index is 820. The molecule has 0 atom stereocenters. The number of aromatic amines is 1. The Hall–Kier alpha value is -2.41. The van der Waals surface area contributed by atoms with Crippen molar-refractivity contribution in [2.24, 2.45) is 0 Å². The van der Waals surface area contributed by atoms with Crippen LogP contribution in [0, 0.1) is 6.92 Å². The van der Waals surface area contributed by atoms with E-state index in [9.17, 15) is 9.59 Å². The van der Waals surface area contributed by atoms with Gasteiger partial charge in [0, 0.05) is 49.8 Å². The largest absolute Gasteiger partial charge is 0.337 e. The molecule has 8 heteroatoms. The van der Waals surface area contributed by atoms with Crippen molar-refractivity contribution in [1.29, 1.82) is 0 Å². The standard InChI is InChI=1S/C18H22ClN5O2/c1-3-15-12(2)16(22-21-15)18(26)24-8-4-7-23(9-10-24)17(25)13-5-6-20-11-14(13)19/h5-6,11H,3-4,7-10H2,1-2H3,(H,21,22). The highest BCUT2D eigenvalue weighted by molar-refractivity contribution is 6.33. The van der Waals surface area contributed by atoms with Gasteiger partial charge in [0.1, 0.15) is 0 Å². The first-order valence-electron chi connectivity index (χ1n) is 8.74. The maximum absolute atomic E-state index is 12.8. The third-order valence-electron chi connectivity index (χ3n) is 4.74. The van der Waals surface area contributed by atoms with E-state index < -0.39 is 0 Å². The maximum Gasteiger partial charge on any atom is 0.274 e. The van der Waals surface area contributed by atoms with Crippen LogP contribution in [0.2, 0.25) is 5.02 Å². The third kappa shape index (κ3) is 3.58. The first-order chi connectivity index (χ1) is 12.5. The molecule has 1 N–H and O–H groups in total. The lowest BCUT2D eigenvalue weighted by atomic mass is 10.1. The molecule has 3 rings (SSSR count). The van der Waals surface area contributed by atoms with Crippen molar-refractivity contribution in [2.75, 3.05) is 26.2 Å². The van der Waals surface area contributed by atoms with Gasteiger partial charge in [-0.05, 0) is 25.8 Å². The number of carbonyl (C=O) groups excluding carboxylic acids is 2. The smallest absolute Gasteiger partial charge is 0.274 e. The summed E-state index contributed by atoms with van der Waals surface area (Å²) in [7, 11) is 0. The molecule has 2 amide bonds. The summed E-state index contributed by atoms with van der Waals surface area (Å²) in [5.74, 6) is -0.217. The van der Waals surface area contributed by atoms with Crippen molar-refractivity contribution in [3.05, 3.63) is 46.0 Å². The molecule has 0 bridgehead atoms. The van der Waals surface area contributed by atoms with Gasteiger partial charge < -0.3 is 9.80 Å². The molecule has 3 heterocycles. The molecular formula is C18H22ClN5O2. The van der Waals surface area contributed by atoms with Crippen LogP contribution in [-0.2, 0) is 6.42 Å². The predicted molar refractivity (Wildman–Crippen MR) is 98.4 cm³/mol. The molecule has 2 aromatic rings. The summed E-state index contributed by atoms with van der Waals surface area (Å²) >= 11 is 6.09. The minimum atomic E-state index is -0.129. The topological polar surface area (TPSA) is 82.2 Å². The Morgan fingerprint density at radius 1 is 1.19 bits per heavy atom. The zero-order chi connectivity index (χ0) is 18.7. The molecule has 0 radical (unpaired) electrons. The Kier molecular flexibility index (Phi) is 5.56. The number of nitrogens with one attached hydrogen (secondary N) is 1. The molecule has 1 saturated heterocycles. The van der Waals surface area contributed by atoms with Crippen molar-refractivity contribution in [2.45, 2.75) is 26.7 Å². The lowest BCUT2D eigenvalue weighted by molar-refractivity contribution is 0.0715. The van der Waals surface area contributed by atoms with E-state index in [1.165, 1.54) is 6.20 Å². The number of halogens is 1. The second-order valence-electron chi connectivity index (χ2n) is 6.32. The number of H-pyrrole nitrogens is 1. The Morgan fingerprint density at radius 2 is 1.88 bits per heavy atom. The molecule has 1 aliphatic heterocycles. The first kappa shape index (κ1) is 18.4. The van der Waals surface area contributed by atoms with Gasteiger partial charge in [0.25, 0.3) is 11.8 Å². The van der Waals surface area contributed by atoms with E-state index in [4.69, 9.17) is 11.6 Å². The zero-order valence-electron chi connectivity index (χ0n) is 15.0. The van der Waals surface area contributed by atoms with Crippen LogP contribution in [0.1, 0.15) is 45.4 Å². The van der Waals surface area contributed by atoms with Crippen molar-refractivity contribution in [3.63, 3.8) is 0 Å². The van der Waals surface area contributed by atoms with Crippen molar-refractivity contribution < 1.29 is 9.59 Å². The van der Waals surface area contributed by atoms with Crippen LogP contribution < -0.4 is 0 Å². The number of aromatic nitrogens is 3. The number of amides is 2. The summed E-state index contributed by atoms with van der Waals surface area (Å²) in [5, 5.41) is 7.46. The number of hydrogen-bond acceptors (Lipinski definition) is 4. The number of nitrogens with zero attached hydrogens (tertiary/aromatic N) is 4. The SMILES string of the molecule is CCc1[nH]nc(C(=O)N2CCCN(C(=O)c3ccncc3Cl)CC2)c1C. The Morgan fingerprint density at radius 3 is 2.50 bits per heavy atom. The second kappa shape index (κ2) is 7.86. The Labute approximate surface area is 157 Å². The molecule has 7 nitrogen and oxygen atoms in total. The number of hydrogen-bond donors (Lipinski definition) is 1. The van der Waals surface area contributed by atoms with Crippen LogP contribution in [-0.4, -0.2) is 63.0 Å². The van der Waals surface area contributed by atoms with Crippen LogP contribution in [0.25, 0.3) is 0 Å². The number of carbonyl (C=O) groups is 2. The average molecular weight is 376 g/mol. The third-order valence-corrected chi connectivity index (χ3v) is 5.04. The summed E-state index contributed by atoms with van der Waals surface area (Å²) in [5.41, 5.74) is 2.79. The summed E-state index contributed by atoms with van der Waals surface area (Å²) < 4.78 is 0. The molecule has 0 unspecified atom stereocenters. The second-order valence-corrected chi connectivity index (χ2v) is 6.73. The molecule has 0 aliphatic carbocycles. The van der Waals surface area contributed by atoms with Crippen LogP contribution in [0.5, 0.6) is 0 Å². The van der Waals surface area contributed by atoms with Crippen LogP contribution in [0.4, 0.5) is 0 Å². The molecule has 1 fully saturated rings. The van der Waals surface area contributed by atoms with Crippen molar-refractivity contribution in [3.8, 4) is 0 Å². The quantitative estimate of drug-likeness (QED) is 0.892. The van der Waals surface area contributed by atoms with E-state index in [0.29, 0.717) is 48.9 Å². The fourth-order valence-corrected chi connectivity index (χ4v) is 3.38. The minimum absolute atomic E-state index is 0.0882. The number of aryl methyl sites for hydroxylation is 1. The van der Waals surface area contributed by atoms with Crippen LogP contribution >= 0.6 is 11.6 Å². The lowest BCUT2D eigenvalue weighted by Gasteiger charge is -2.22. The van der Waals surface area contributed by atoms with Gasteiger partial charge in [-0.2, -0.15) is 5.10 Å². The van der Waals surface area contributed by atoms with Crippen LogP contribution in [0.3, 0.4) is 0 Å². The first-order valence-corrected chi connectivity index (χ1v) is 9.12. The van der Waals surface area contributed by atoms with E-state index in [1.807, 2.05) is 13.8 Å².